The summed E-state index contributed by atoms with van der Waals surface area (Å²) >= 11 is 0. The van der Waals surface area contributed by atoms with Gasteiger partial charge in [-0.2, -0.15) is 4.98 Å². The maximum absolute atomic E-state index is 4.64. The van der Waals surface area contributed by atoms with E-state index in [1.165, 1.54) is 5.56 Å². The molecule has 0 saturated heterocycles. The molecule has 0 bridgehead atoms. The van der Waals surface area contributed by atoms with Gasteiger partial charge in [-0.25, -0.2) is 4.98 Å². The van der Waals surface area contributed by atoms with Gasteiger partial charge < -0.3 is 10.6 Å². The van der Waals surface area contributed by atoms with Gasteiger partial charge in [0.2, 0.25) is 5.95 Å². The van der Waals surface area contributed by atoms with Crippen molar-refractivity contribution in [3.63, 3.8) is 0 Å². The Bertz CT molecular complexity index is 1060. The van der Waals surface area contributed by atoms with E-state index < -0.39 is 0 Å². The maximum Gasteiger partial charge on any atom is 0.225 e. The van der Waals surface area contributed by atoms with Crippen LogP contribution in [0.15, 0.2) is 72.9 Å². The molecular weight excluding hydrogens is 334 g/mol. The lowest BCUT2D eigenvalue weighted by molar-refractivity contribution is 0.858. The minimum absolute atomic E-state index is 0.111. The summed E-state index contributed by atoms with van der Waals surface area (Å²) in [5.41, 5.74) is 3.93. The first-order chi connectivity index (χ1) is 13.2. The van der Waals surface area contributed by atoms with Crippen molar-refractivity contribution in [3.05, 3.63) is 84.2 Å². The summed E-state index contributed by atoms with van der Waals surface area (Å²) in [7, 11) is 0. The summed E-state index contributed by atoms with van der Waals surface area (Å²) in [6.07, 6.45) is 1.80. The molecule has 134 valence electrons. The third-order valence-electron chi connectivity index (χ3n) is 4.39. The third kappa shape index (κ3) is 3.87. The van der Waals surface area contributed by atoms with Gasteiger partial charge in [0, 0.05) is 23.3 Å². The van der Waals surface area contributed by atoms with Crippen LogP contribution in [0.3, 0.4) is 0 Å². The monoisotopic (exact) mass is 355 g/mol. The van der Waals surface area contributed by atoms with Gasteiger partial charge in [-0.1, -0.05) is 48.5 Å². The highest BCUT2D eigenvalue weighted by atomic mass is 15.2. The Labute approximate surface area is 158 Å². The number of benzene rings is 2. The smallest absolute Gasteiger partial charge is 0.225 e. The van der Waals surface area contributed by atoms with E-state index in [4.69, 9.17) is 0 Å². The predicted molar refractivity (Wildman–Crippen MR) is 110 cm³/mol. The molecule has 4 rings (SSSR count). The molecule has 0 amide bonds. The highest BCUT2D eigenvalue weighted by Crippen LogP contribution is 2.25. The number of aromatic nitrogens is 3. The lowest BCUT2D eigenvalue weighted by Gasteiger charge is -2.16. The van der Waals surface area contributed by atoms with Crippen molar-refractivity contribution >= 4 is 28.4 Å². The lowest BCUT2D eigenvalue weighted by Crippen LogP contribution is -2.10. The Morgan fingerprint density at radius 3 is 2.56 bits per heavy atom. The highest BCUT2D eigenvalue weighted by Gasteiger charge is 2.09. The molecule has 1 unspecified atom stereocenters. The third-order valence-corrected chi connectivity index (χ3v) is 4.39. The molecule has 0 radical (unpaired) electrons. The zero-order valence-corrected chi connectivity index (χ0v) is 15.3. The lowest BCUT2D eigenvalue weighted by atomic mass is 10.1. The Kier molecular flexibility index (Phi) is 4.66. The van der Waals surface area contributed by atoms with Crippen LogP contribution in [0.25, 0.3) is 10.9 Å². The van der Waals surface area contributed by atoms with Gasteiger partial charge in [0.05, 0.1) is 17.2 Å². The molecule has 5 nitrogen and oxygen atoms in total. The van der Waals surface area contributed by atoms with Crippen LogP contribution in [0.1, 0.15) is 24.2 Å². The first-order valence-electron chi connectivity index (χ1n) is 8.97. The second-order valence-electron chi connectivity index (χ2n) is 6.50. The quantitative estimate of drug-likeness (QED) is 0.512. The molecule has 0 spiro atoms. The minimum atomic E-state index is 0.111. The van der Waals surface area contributed by atoms with E-state index in [1.807, 2.05) is 61.5 Å². The van der Waals surface area contributed by atoms with Gasteiger partial charge in [0.25, 0.3) is 0 Å². The maximum atomic E-state index is 4.64. The Balaban J connectivity index is 1.61. The standard InChI is InChI=1S/C22H21N5/c1-15-14-20(26-19-12-6-10-18-11-7-13-23-21(18)19)27-22(24-15)25-16(2)17-8-4-3-5-9-17/h3-14,16H,1-2H3,(H2,24,25,26,27). The van der Waals surface area contributed by atoms with Gasteiger partial charge in [0.15, 0.2) is 0 Å². The zero-order valence-electron chi connectivity index (χ0n) is 15.3. The summed E-state index contributed by atoms with van der Waals surface area (Å²) in [5, 5.41) is 7.86. The molecule has 2 N–H and O–H groups in total. The molecule has 0 aliphatic heterocycles. The van der Waals surface area contributed by atoms with Crippen molar-refractivity contribution in [1.82, 2.24) is 15.0 Å². The summed E-state index contributed by atoms with van der Waals surface area (Å²) in [4.78, 5) is 13.7. The van der Waals surface area contributed by atoms with Crippen molar-refractivity contribution in [3.8, 4) is 0 Å². The zero-order chi connectivity index (χ0) is 18.6. The summed E-state index contributed by atoms with van der Waals surface area (Å²) in [6.45, 7) is 4.06. The molecule has 2 aromatic carbocycles. The van der Waals surface area contributed by atoms with Crippen LogP contribution in [0, 0.1) is 6.92 Å². The van der Waals surface area contributed by atoms with E-state index in [-0.39, 0.29) is 6.04 Å². The van der Waals surface area contributed by atoms with Crippen molar-refractivity contribution in [2.75, 3.05) is 10.6 Å². The Morgan fingerprint density at radius 1 is 0.889 bits per heavy atom. The van der Waals surface area contributed by atoms with Crippen LogP contribution < -0.4 is 10.6 Å². The molecule has 2 aromatic heterocycles. The number of para-hydroxylation sites is 1. The predicted octanol–water partition coefficient (Wildman–Crippen LogP) is 5.25. The number of fused-ring (bicyclic) bond motifs is 1. The van der Waals surface area contributed by atoms with E-state index in [2.05, 4.69) is 44.6 Å². The van der Waals surface area contributed by atoms with E-state index in [9.17, 15) is 0 Å². The number of nitrogens with zero attached hydrogens (tertiary/aromatic N) is 3. The van der Waals surface area contributed by atoms with Gasteiger partial charge >= 0.3 is 0 Å². The van der Waals surface area contributed by atoms with Crippen molar-refractivity contribution in [1.29, 1.82) is 0 Å². The number of hydrogen-bond donors (Lipinski definition) is 2. The fraction of sp³-hybridized carbons (Fsp3) is 0.136. The second-order valence-corrected chi connectivity index (χ2v) is 6.50. The second kappa shape index (κ2) is 7.41. The van der Waals surface area contributed by atoms with E-state index >= 15 is 0 Å². The number of pyridine rings is 1. The number of nitrogens with one attached hydrogen (secondary N) is 2. The molecule has 0 aliphatic carbocycles. The van der Waals surface area contributed by atoms with E-state index in [1.54, 1.807) is 6.20 Å². The average Bonchev–Trinajstić information content (AvgIpc) is 2.68. The molecule has 27 heavy (non-hydrogen) atoms. The van der Waals surface area contributed by atoms with Gasteiger partial charge in [-0.15, -0.1) is 0 Å². The van der Waals surface area contributed by atoms with Crippen molar-refractivity contribution in [2.45, 2.75) is 19.9 Å². The Morgan fingerprint density at radius 2 is 1.70 bits per heavy atom. The fourth-order valence-corrected chi connectivity index (χ4v) is 3.06. The summed E-state index contributed by atoms with van der Waals surface area (Å²) in [6, 6.07) is 22.4. The molecule has 1 atom stereocenters. The molecule has 5 heteroatoms. The number of hydrogen-bond acceptors (Lipinski definition) is 5. The van der Waals surface area contributed by atoms with Gasteiger partial charge in [-0.05, 0) is 31.5 Å². The Hall–Kier alpha value is -3.47. The topological polar surface area (TPSA) is 62.7 Å². The molecule has 0 fully saturated rings. The SMILES string of the molecule is Cc1cc(Nc2cccc3cccnc23)nc(NC(C)c2ccccc2)n1. The highest BCUT2D eigenvalue weighted by molar-refractivity contribution is 5.91. The molecule has 2 heterocycles. The van der Waals surface area contributed by atoms with Gasteiger partial charge in [0.1, 0.15) is 5.82 Å². The molecule has 4 aromatic rings. The van der Waals surface area contributed by atoms with E-state index in [0.717, 1.165) is 28.1 Å². The molecular formula is C22H21N5. The minimum Gasteiger partial charge on any atom is -0.348 e. The number of aryl methyl sites for hydroxylation is 1. The van der Waals surface area contributed by atoms with Gasteiger partial charge in [-0.3, -0.25) is 4.98 Å². The van der Waals surface area contributed by atoms with Crippen LogP contribution >= 0.6 is 0 Å². The average molecular weight is 355 g/mol. The van der Waals surface area contributed by atoms with Crippen molar-refractivity contribution in [2.24, 2.45) is 0 Å². The van der Waals surface area contributed by atoms with Crippen LogP contribution in [-0.2, 0) is 0 Å². The normalized spacial score (nSPS) is 11.9. The van der Waals surface area contributed by atoms with Crippen LogP contribution in [0.2, 0.25) is 0 Å². The molecule has 0 saturated carbocycles. The van der Waals surface area contributed by atoms with E-state index in [0.29, 0.717) is 5.95 Å². The van der Waals surface area contributed by atoms with Crippen LogP contribution in [0.5, 0.6) is 0 Å². The van der Waals surface area contributed by atoms with Crippen molar-refractivity contribution < 1.29 is 0 Å². The number of anilines is 3. The number of rotatable bonds is 5. The van der Waals surface area contributed by atoms with Crippen LogP contribution in [0.4, 0.5) is 17.5 Å². The largest absolute Gasteiger partial charge is 0.348 e. The molecule has 0 aliphatic rings. The summed E-state index contributed by atoms with van der Waals surface area (Å²) < 4.78 is 0. The first kappa shape index (κ1) is 17.0. The summed E-state index contributed by atoms with van der Waals surface area (Å²) in [5.74, 6) is 1.34. The fourth-order valence-electron chi connectivity index (χ4n) is 3.06. The first-order valence-corrected chi connectivity index (χ1v) is 8.97. The van der Waals surface area contributed by atoms with Crippen LogP contribution in [-0.4, -0.2) is 15.0 Å².